The summed E-state index contributed by atoms with van der Waals surface area (Å²) in [6.07, 6.45) is 3.66. The first kappa shape index (κ1) is 17.2. The first-order valence-corrected chi connectivity index (χ1v) is 8.38. The van der Waals surface area contributed by atoms with Crippen molar-refractivity contribution in [2.24, 2.45) is 5.92 Å². The van der Waals surface area contributed by atoms with E-state index in [1.54, 1.807) is 0 Å². The molecule has 0 aromatic heterocycles. The number of hydrogen-bond donors (Lipinski definition) is 1. The molecule has 3 atom stereocenters. The fourth-order valence-corrected chi connectivity index (χ4v) is 3.88. The Hall–Kier alpha value is -2.64. The van der Waals surface area contributed by atoms with E-state index in [0.717, 1.165) is 25.7 Å². The molecule has 3 unspecified atom stereocenters. The van der Waals surface area contributed by atoms with Gasteiger partial charge in [-0.15, -0.1) is 0 Å². The van der Waals surface area contributed by atoms with Gasteiger partial charge < -0.3 is 9.84 Å². The number of likely N-dealkylation sites (tertiary alicyclic amines) is 1. The molecular formula is C17H20N2O6. The van der Waals surface area contributed by atoms with Gasteiger partial charge in [0, 0.05) is 18.2 Å². The van der Waals surface area contributed by atoms with E-state index in [0.29, 0.717) is 12.0 Å². The van der Waals surface area contributed by atoms with Crippen molar-refractivity contribution in [3.8, 4) is 0 Å². The van der Waals surface area contributed by atoms with Crippen LogP contribution in [0.15, 0.2) is 24.3 Å². The number of aliphatic carboxylic acids is 1. The van der Waals surface area contributed by atoms with Gasteiger partial charge in [-0.05, 0) is 42.9 Å². The highest BCUT2D eigenvalue weighted by Crippen LogP contribution is 2.40. The summed E-state index contributed by atoms with van der Waals surface area (Å²) in [6, 6.07) is 4.82. The van der Waals surface area contributed by atoms with Gasteiger partial charge in [0.15, 0.2) is 0 Å². The zero-order valence-corrected chi connectivity index (χ0v) is 13.7. The lowest BCUT2D eigenvalue weighted by Gasteiger charge is -2.32. The van der Waals surface area contributed by atoms with Crippen LogP contribution in [0.1, 0.15) is 37.7 Å². The van der Waals surface area contributed by atoms with Crippen molar-refractivity contribution in [2.75, 3.05) is 0 Å². The van der Waals surface area contributed by atoms with Gasteiger partial charge in [0.25, 0.3) is 5.69 Å². The monoisotopic (exact) mass is 348 g/mol. The molecule has 1 aromatic carbocycles. The fraction of sp³-hybridized carbons (Fsp3) is 0.529. The molecule has 8 heteroatoms. The zero-order valence-electron chi connectivity index (χ0n) is 13.7. The van der Waals surface area contributed by atoms with Crippen LogP contribution in [0, 0.1) is 16.0 Å². The number of carboxylic acids is 1. The highest BCUT2D eigenvalue weighted by Gasteiger charge is 2.48. The Morgan fingerprint density at radius 3 is 2.56 bits per heavy atom. The maximum absolute atomic E-state index is 12.5. The summed E-state index contributed by atoms with van der Waals surface area (Å²) < 4.78 is 5.30. The van der Waals surface area contributed by atoms with Crippen molar-refractivity contribution in [2.45, 2.75) is 50.8 Å². The van der Waals surface area contributed by atoms with Gasteiger partial charge in [0.1, 0.15) is 12.6 Å². The summed E-state index contributed by atoms with van der Waals surface area (Å²) in [7, 11) is 0. The first-order chi connectivity index (χ1) is 12.0. The molecule has 25 heavy (non-hydrogen) atoms. The fourth-order valence-electron chi connectivity index (χ4n) is 3.88. The molecule has 3 rings (SSSR count). The van der Waals surface area contributed by atoms with Crippen LogP contribution in [0.5, 0.6) is 0 Å². The Morgan fingerprint density at radius 2 is 1.92 bits per heavy atom. The maximum Gasteiger partial charge on any atom is 0.411 e. The molecule has 1 amide bonds. The highest BCUT2D eigenvalue weighted by atomic mass is 16.6. The Kier molecular flexibility index (Phi) is 4.87. The number of nitro groups is 1. The Balaban J connectivity index is 1.66. The normalized spacial score (nSPS) is 25.3. The second kappa shape index (κ2) is 7.08. The molecule has 1 aliphatic heterocycles. The quantitative estimate of drug-likeness (QED) is 0.661. The minimum atomic E-state index is -0.998. The van der Waals surface area contributed by atoms with Crippen LogP contribution in [0.3, 0.4) is 0 Å². The Morgan fingerprint density at radius 1 is 1.24 bits per heavy atom. The number of nitrogens with zero attached hydrogens (tertiary/aromatic N) is 2. The summed E-state index contributed by atoms with van der Waals surface area (Å²) in [5.41, 5.74) is 0.579. The molecule has 1 aromatic rings. The largest absolute Gasteiger partial charge is 0.480 e. The van der Waals surface area contributed by atoms with Crippen molar-refractivity contribution >= 4 is 17.7 Å². The number of benzene rings is 1. The van der Waals surface area contributed by atoms with E-state index in [1.807, 2.05) is 0 Å². The number of non-ortho nitro benzene ring substituents is 1. The van der Waals surface area contributed by atoms with Crippen LogP contribution in [0.2, 0.25) is 0 Å². The molecule has 0 radical (unpaired) electrons. The molecule has 1 aliphatic carbocycles. The standard InChI is InChI=1S/C17H20N2O6/c20-16(21)15-9-12-3-1-2-4-14(12)18(15)17(22)25-10-11-5-7-13(8-6-11)19(23)24/h5-8,12,14-15H,1-4,9-10H2,(H,20,21). The first-order valence-electron chi connectivity index (χ1n) is 8.38. The number of carbonyl (C=O) groups is 2. The van der Waals surface area contributed by atoms with Gasteiger partial charge in [-0.2, -0.15) is 0 Å². The molecule has 1 saturated heterocycles. The van der Waals surface area contributed by atoms with Crippen molar-refractivity contribution in [3.63, 3.8) is 0 Å². The maximum atomic E-state index is 12.5. The topological polar surface area (TPSA) is 110 Å². The van der Waals surface area contributed by atoms with Crippen molar-refractivity contribution in [1.82, 2.24) is 4.90 Å². The van der Waals surface area contributed by atoms with Gasteiger partial charge in [0.2, 0.25) is 0 Å². The smallest absolute Gasteiger partial charge is 0.411 e. The summed E-state index contributed by atoms with van der Waals surface area (Å²) in [5.74, 6) is -0.775. The second-order valence-electron chi connectivity index (χ2n) is 6.59. The molecule has 1 heterocycles. The number of carbonyl (C=O) groups excluding carboxylic acids is 1. The summed E-state index contributed by atoms with van der Waals surface area (Å²) in [5, 5.41) is 20.1. The lowest BCUT2D eigenvalue weighted by Crippen LogP contribution is -2.46. The average Bonchev–Trinajstić information content (AvgIpc) is 3.00. The number of hydrogen-bond acceptors (Lipinski definition) is 5. The Bertz CT molecular complexity index is 674. The number of carboxylic acid groups (broad SMARTS) is 1. The molecule has 1 saturated carbocycles. The van der Waals surface area contributed by atoms with Crippen LogP contribution in [-0.4, -0.2) is 39.1 Å². The molecule has 1 N–H and O–H groups in total. The van der Waals surface area contributed by atoms with Crippen LogP contribution < -0.4 is 0 Å². The molecular weight excluding hydrogens is 328 g/mol. The van der Waals surface area contributed by atoms with Gasteiger partial charge in [-0.3, -0.25) is 15.0 Å². The van der Waals surface area contributed by atoms with Crippen molar-refractivity contribution < 1.29 is 24.4 Å². The van der Waals surface area contributed by atoms with E-state index in [4.69, 9.17) is 4.74 Å². The molecule has 134 valence electrons. The summed E-state index contributed by atoms with van der Waals surface area (Å²) in [4.78, 5) is 35.5. The molecule has 0 spiro atoms. The van der Waals surface area contributed by atoms with Gasteiger partial charge >= 0.3 is 12.1 Å². The minimum absolute atomic E-state index is 0.0365. The van der Waals surface area contributed by atoms with E-state index in [-0.39, 0.29) is 24.3 Å². The number of nitro benzene ring substituents is 1. The van der Waals surface area contributed by atoms with Crippen molar-refractivity contribution in [3.05, 3.63) is 39.9 Å². The lowest BCUT2D eigenvalue weighted by atomic mass is 9.85. The highest BCUT2D eigenvalue weighted by molar-refractivity contribution is 5.81. The van der Waals surface area contributed by atoms with Gasteiger partial charge in [-0.25, -0.2) is 9.59 Å². The average molecular weight is 348 g/mol. The van der Waals surface area contributed by atoms with E-state index < -0.39 is 23.0 Å². The molecule has 2 aliphatic rings. The lowest BCUT2D eigenvalue weighted by molar-refractivity contribution is -0.384. The number of fused-ring (bicyclic) bond motifs is 1. The van der Waals surface area contributed by atoms with Crippen LogP contribution in [-0.2, 0) is 16.1 Å². The van der Waals surface area contributed by atoms with Crippen LogP contribution >= 0.6 is 0 Å². The van der Waals surface area contributed by atoms with Crippen LogP contribution in [0.4, 0.5) is 10.5 Å². The van der Waals surface area contributed by atoms with Gasteiger partial charge in [-0.1, -0.05) is 12.8 Å². The van der Waals surface area contributed by atoms with E-state index in [9.17, 15) is 24.8 Å². The summed E-state index contributed by atoms with van der Waals surface area (Å²) >= 11 is 0. The van der Waals surface area contributed by atoms with E-state index in [1.165, 1.54) is 29.2 Å². The zero-order chi connectivity index (χ0) is 18.0. The third-order valence-electron chi connectivity index (χ3n) is 5.09. The SMILES string of the molecule is O=C(O)C1CC2CCCCC2N1C(=O)OCc1ccc([N+](=O)[O-])cc1. The molecule has 8 nitrogen and oxygen atoms in total. The predicted octanol–water partition coefficient (Wildman–Crippen LogP) is 2.95. The summed E-state index contributed by atoms with van der Waals surface area (Å²) in [6.45, 7) is -0.0446. The third-order valence-corrected chi connectivity index (χ3v) is 5.09. The van der Waals surface area contributed by atoms with E-state index >= 15 is 0 Å². The van der Waals surface area contributed by atoms with E-state index in [2.05, 4.69) is 0 Å². The molecule has 2 fully saturated rings. The minimum Gasteiger partial charge on any atom is -0.480 e. The van der Waals surface area contributed by atoms with Crippen LogP contribution in [0.25, 0.3) is 0 Å². The van der Waals surface area contributed by atoms with Gasteiger partial charge in [0.05, 0.1) is 4.92 Å². The number of rotatable bonds is 4. The van der Waals surface area contributed by atoms with Crippen molar-refractivity contribution in [1.29, 1.82) is 0 Å². The second-order valence-corrected chi connectivity index (χ2v) is 6.59. The Labute approximate surface area is 144 Å². The number of ether oxygens (including phenoxy) is 1. The number of amides is 1. The predicted molar refractivity (Wildman–Crippen MR) is 86.9 cm³/mol. The molecule has 0 bridgehead atoms. The third kappa shape index (κ3) is 3.57.